The molecule has 1 unspecified atom stereocenters. The topological polar surface area (TPSA) is 87.3 Å². The smallest absolute Gasteiger partial charge is 0.355 e. The summed E-state index contributed by atoms with van der Waals surface area (Å²) in [6, 6.07) is 11.5. The van der Waals surface area contributed by atoms with Crippen molar-refractivity contribution in [2.45, 2.75) is 50.9 Å². The van der Waals surface area contributed by atoms with E-state index in [0.717, 1.165) is 11.6 Å². The molecule has 0 radical (unpaired) electrons. The first-order valence-electron chi connectivity index (χ1n) is 10.8. The van der Waals surface area contributed by atoms with Crippen LogP contribution in [0.15, 0.2) is 48.5 Å². The number of ketones is 1. The Morgan fingerprint density at radius 1 is 1.06 bits per heavy atom. The molecule has 2 aliphatic rings. The van der Waals surface area contributed by atoms with Gasteiger partial charge < -0.3 is 16.0 Å². The number of Topliss-reactive ketones (excluding diaryl/α,β-unsaturated/α-hetero) is 1. The average molecular weight is 459 g/mol. The van der Waals surface area contributed by atoms with Gasteiger partial charge in [-0.3, -0.25) is 14.4 Å². The van der Waals surface area contributed by atoms with Crippen molar-refractivity contribution in [1.82, 2.24) is 10.6 Å². The van der Waals surface area contributed by atoms with Crippen molar-refractivity contribution < 1.29 is 27.6 Å². The molecule has 174 valence electrons. The number of hydrogen-bond acceptors (Lipinski definition) is 4. The Morgan fingerprint density at radius 3 is 2.36 bits per heavy atom. The number of nitrogens with one attached hydrogen (secondary N) is 3. The van der Waals surface area contributed by atoms with Gasteiger partial charge in [-0.15, -0.1) is 0 Å². The molecule has 9 heteroatoms. The first-order chi connectivity index (χ1) is 15.7. The van der Waals surface area contributed by atoms with Crippen LogP contribution in [0, 0.1) is 5.41 Å². The summed E-state index contributed by atoms with van der Waals surface area (Å²) in [7, 11) is 0. The van der Waals surface area contributed by atoms with Crippen LogP contribution in [0.2, 0.25) is 0 Å². The van der Waals surface area contributed by atoms with E-state index in [9.17, 15) is 27.6 Å². The van der Waals surface area contributed by atoms with E-state index in [1.165, 1.54) is 18.2 Å². The van der Waals surface area contributed by atoms with Crippen LogP contribution in [0.1, 0.15) is 43.2 Å². The number of amides is 2. The summed E-state index contributed by atoms with van der Waals surface area (Å²) < 4.78 is 39.5. The van der Waals surface area contributed by atoms with E-state index < -0.39 is 23.2 Å². The second-order valence-corrected chi connectivity index (χ2v) is 8.63. The lowest BCUT2D eigenvalue weighted by Gasteiger charge is -2.17. The molecule has 33 heavy (non-hydrogen) atoms. The molecule has 2 aromatic carbocycles. The molecule has 3 N–H and O–H groups in total. The maximum atomic E-state index is 13.2. The third-order valence-corrected chi connectivity index (χ3v) is 6.15. The normalized spacial score (nSPS) is 19.0. The molecule has 1 saturated carbocycles. The molecule has 2 aromatic rings. The second kappa shape index (κ2) is 8.88. The number of para-hydroxylation sites is 1. The molecule has 2 fully saturated rings. The number of anilines is 2. The Morgan fingerprint density at radius 2 is 1.76 bits per heavy atom. The largest absolute Gasteiger partial charge is 0.418 e. The molecular formula is C24H24F3N3O3. The quantitative estimate of drug-likeness (QED) is 0.555. The Kier molecular flexibility index (Phi) is 6.14. The Bertz CT molecular complexity index is 1060. The van der Waals surface area contributed by atoms with Gasteiger partial charge in [-0.2, -0.15) is 13.2 Å². The van der Waals surface area contributed by atoms with E-state index >= 15 is 0 Å². The highest BCUT2D eigenvalue weighted by Gasteiger charge is 2.51. The van der Waals surface area contributed by atoms with Crippen molar-refractivity contribution in [3.63, 3.8) is 0 Å². The fourth-order valence-electron chi connectivity index (χ4n) is 4.02. The molecule has 1 heterocycles. The van der Waals surface area contributed by atoms with Crippen LogP contribution < -0.4 is 16.0 Å². The van der Waals surface area contributed by atoms with Crippen molar-refractivity contribution in [3.8, 4) is 0 Å². The Labute approximate surface area is 188 Å². The van der Waals surface area contributed by atoms with Crippen LogP contribution in [0.25, 0.3) is 0 Å². The minimum absolute atomic E-state index is 0.0372. The number of benzene rings is 2. The fraction of sp³-hybridized carbons (Fsp3) is 0.375. The van der Waals surface area contributed by atoms with Gasteiger partial charge in [0.15, 0.2) is 5.78 Å². The molecule has 1 atom stereocenters. The molecule has 6 nitrogen and oxygen atoms in total. The Balaban J connectivity index is 1.31. The third kappa shape index (κ3) is 5.35. The van der Waals surface area contributed by atoms with Crippen molar-refractivity contribution in [1.29, 1.82) is 0 Å². The Hall–Kier alpha value is -3.36. The van der Waals surface area contributed by atoms with Gasteiger partial charge in [0.05, 0.1) is 22.7 Å². The maximum Gasteiger partial charge on any atom is 0.418 e. The summed E-state index contributed by atoms with van der Waals surface area (Å²) in [6.07, 6.45) is -2.27. The van der Waals surface area contributed by atoms with Crippen LogP contribution in [0.4, 0.5) is 24.5 Å². The standard InChI is InChI=1S/C24H24F3N3O3/c25-24(26,27)17-3-1-2-4-18(17)29-16-7-5-15(6-8-16)14-28-22(33)23(11-12-23)13-20(31)19-9-10-21(32)30-19/h1-8,19,29H,9-14H2,(H,28,33)(H,30,32). The van der Waals surface area contributed by atoms with Crippen molar-refractivity contribution in [2.24, 2.45) is 5.41 Å². The molecule has 1 aliphatic heterocycles. The van der Waals surface area contributed by atoms with Gasteiger partial charge in [0.25, 0.3) is 0 Å². The van der Waals surface area contributed by atoms with E-state index in [0.29, 0.717) is 31.4 Å². The van der Waals surface area contributed by atoms with E-state index in [1.54, 1.807) is 24.3 Å². The first kappa shape index (κ1) is 22.8. The van der Waals surface area contributed by atoms with Gasteiger partial charge in [0.1, 0.15) is 0 Å². The van der Waals surface area contributed by atoms with Gasteiger partial charge in [0.2, 0.25) is 11.8 Å². The van der Waals surface area contributed by atoms with Gasteiger partial charge in [-0.05, 0) is 49.1 Å². The van der Waals surface area contributed by atoms with E-state index in [1.807, 2.05) is 0 Å². The van der Waals surface area contributed by atoms with Crippen LogP contribution in [-0.2, 0) is 27.1 Å². The van der Waals surface area contributed by atoms with E-state index in [-0.39, 0.29) is 36.3 Å². The zero-order valence-electron chi connectivity index (χ0n) is 17.8. The number of carbonyl (C=O) groups excluding carboxylic acids is 3. The molecular weight excluding hydrogens is 435 g/mol. The average Bonchev–Trinajstić information content (AvgIpc) is 3.43. The van der Waals surface area contributed by atoms with Gasteiger partial charge in [0, 0.05) is 25.1 Å². The molecule has 1 aliphatic carbocycles. The van der Waals surface area contributed by atoms with Crippen molar-refractivity contribution in [2.75, 3.05) is 5.32 Å². The minimum atomic E-state index is -4.46. The van der Waals surface area contributed by atoms with Crippen LogP contribution in [0.3, 0.4) is 0 Å². The summed E-state index contributed by atoms with van der Waals surface area (Å²) >= 11 is 0. The maximum absolute atomic E-state index is 13.2. The SMILES string of the molecule is O=C1CCC(C(=O)CC2(C(=O)NCc3ccc(Nc4ccccc4C(F)(F)F)cc3)CC2)N1. The molecule has 0 aromatic heterocycles. The molecule has 0 spiro atoms. The zero-order valence-corrected chi connectivity index (χ0v) is 17.8. The number of hydrogen-bond donors (Lipinski definition) is 3. The summed E-state index contributed by atoms with van der Waals surface area (Å²) in [5, 5.41) is 8.29. The van der Waals surface area contributed by atoms with Gasteiger partial charge in [-0.1, -0.05) is 24.3 Å². The summed E-state index contributed by atoms with van der Waals surface area (Å²) in [5.74, 6) is -0.438. The second-order valence-electron chi connectivity index (χ2n) is 8.63. The predicted molar refractivity (Wildman–Crippen MR) is 115 cm³/mol. The number of halogens is 3. The lowest BCUT2D eigenvalue weighted by molar-refractivity contribution is -0.137. The number of rotatable bonds is 8. The molecule has 4 rings (SSSR count). The van der Waals surface area contributed by atoms with Gasteiger partial charge in [-0.25, -0.2) is 0 Å². The molecule has 0 bridgehead atoms. The van der Waals surface area contributed by atoms with Gasteiger partial charge >= 0.3 is 6.18 Å². The summed E-state index contributed by atoms with van der Waals surface area (Å²) in [6.45, 7) is 0.244. The van der Waals surface area contributed by atoms with Crippen molar-refractivity contribution >= 4 is 29.0 Å². The highest BCUT2D eigenvalue weighted by Crippen LogP contribution is 2.49. The zero-order chi connectivity index (χ0) is 23.6. The minimum Gasteiger partial charge on any atom is -0.355 e. The summed E-state index contributed by atoms with van der Waals surface area (Å²) in [5.41, 5.74) is -0.215. The fourth-order valence-corrected chi connectivity index (χ4v) is 4.02. The number of carbonyl (C=O) groups is 3. The van der Waals surface area contributed by atoms with E-state index in [4.69, 9.17) is 0 Å². The lowest BCUT2D eigenvalue weighted by atomic mass is 9.94. The first-order valence-corrected chi connectivity index (χ1v) is 10.8. The van der Waals surface area contributed by atoms with Crippen LogP contribution in [0.5, 0.6) is 0 Å². The third-order valence-electron chi connectivity index (χ3n) is 6.15. The number of alkyl halides is 3. The predicted octanol–water partition coefficient (Wildman–Crippen LogP) is 4.08. The molecule has 2 amide bonds. The van der Waals surface area contributed by atoms with Crippen LogP contribution in [-0.4, -0.2) is 23.6 Å². The van der Waals surface area contributed by atoms with Crippen LogP contribution >= 0.6 is 0 Å². The highest BCUT2D eigenvalue weighted by molar-refractivity contribution is 5.96. The highest BCUT2D eigenvalue weighted by atomic mass is 19.4. The van der Waals surface area contributed by atoms with Crippen molar-refractivity contribution in [3.05, 3.63) is 59.7 Å². The lowest BCUT2D eigenvalue weighted by Crippen LogP contribution is -2.38. The molecule has 1 saturated heterocycles. The monoisotopic (exact) mass is 459 g/mol. The summed E-state index contributed by atoms with van der Waals surface area (Å²) in [4.78, 5) is 36.4. The van der Waals surface area contributed by atoms with E-state index in [2.05, 4.69) is 16.0 Å².